The Morgan fingerprint density at radius 2 is 1.93 bits per heavy atom. The lowest BCUT2D eigenvalue weighted by molar-refractivity contribution is -0.121. The van der Waals surface area contributed by atoms with E-state index in [1.807, 2.05) is 37.3 Å². The number of morpholine rings is 1. The number of carbonyl (C=O) groups is 1. The Balaban J connectivity index is 1.58. The minimum Gasteiger partial charge on any atom is -0.441 e. The van der Waals surface area contributed by atoms with Crippen LogP contribution in [0.25, 0.3) is 11.5 Å². The Morgan fingerprint density at radius 3 is 2.59 bits per heavy atom. The molecule has 1 unspecified atom stereocenters. The Bertz CT molecular complexity index is 736. The van der Waals surface area contributed by atoms with Gasteiger partial charge < -0.3 is 14.5 Å². The predicted octanol–water partition coefficient (Wildman–Crippen LogP) is 2.67. The van der Waals surface area contributed by atoms with Gasteiger partial charge in [0.15, 0.2) is 0 Å². The number of hydrogen-bond acceptors (Lipinski definition) is 5. The zero-order chi connectivity index (χ0) is 19.2. The molecule has 2 heterocycles. The molecule has 1 aromatic carbocycles. The summed E-state index contributed by atoms with van der Waals surface area (Å²) in [4.78, 5) is 19.4. The van der Waals surface area contributed by atoms with Crippen LogP contribution >= 0.6 is 0 Å². The first-order chi connectivity index (χ1) is 13.0. The number of aromatic nitrogens is 1. The van der Waals surface area contributed by atoms with Gasteiger partial charge in [0.2, 0.25) is 11.8 Å². The van der Waals surface area contributed by atoms with E-state index >= 15 is 0 Å². The molecule has 2 aromatic rings. The van der Waals surface area contributed by atoms with E-state index in [9.17, 15) is 4.79 Å². The Kier molecular flexibility index (Phi) is 6.63. The highest BCUT2D eigenvalue weighted by molar-refractivity contribution is 5.78. The van der Waals surface area contributed by atoms with Crippen molar-refractivity contribution in [2.75, 3.05) is 32.8 Å². The molecular formula is C21H29N3O3. The minimum absolute atomic E-state index is 0.0232. The molecule has 0 radical (unpaired) electrons. The Labute approximate surface area is 160 Å². The second-order valence-corrected chi connectivity index (χ2v) is 7.33. The molecule has 1 aliphatic rings. The molecule has 27 heavy (non-hydrogen) atoms. The van der Waals surface area contributed by atoms with E-state index < -0.39 is 0 Å². The lowest BCUT2D eigenvalue weighted by Gasteiger charge is -2.36. The number of nitrogens with one attached hydrogen (secondary N) is 1. The third-order valence-corrected chi connectivity index (χ3v) is 5.03. The molecular weight excluding hydrogens is 342 g/mol. The van der Waals surface area contributed by atoms with Gasteiger partial charge in [-0.1, -0.05) is 32.0 Å². The smallest absolute Gasteiger partial charge is 0.226 e. The standard InChI is InChI=1S/C21H29N3O3/c1-15(2)19(24-9-11-26-12-10-24)14-22-20(25)13-18-16(3)27-21(23-18)17-7-5-4-6-8-17/h4-8,15,19H,9-14H2,1-3H3,(H,22,25). The van der Waals surface area contributed by atoms with Crippen LogP contribution in [0.4, 0.5) is 0 Å². The van der Waals surface area contributed by atoms with Crippen molar-refractivity contribution in [2.24, 2.45) is 5.92 Å². The van der Waals surface area contributed by atoms with Crippen molar-refractivity contribution in [3.05, 3.63) is 41.8 Å². The number of carbonyl (C=O) groups excluding carboxylic acids is 1. The molecule has 1 aromatic heterocycles. The summed E-state index contributed by atoms with van der Waals surface area (Å²) in [6.45, 7) is 10.2. The van der Waals surface area contributed by atoms with E-state index in [0.29, 0.717) is 35.8 Å². The topological polar surface area (TPSA) is 67.6 Å². The second-order valence-electron chi connectivity index (χ2n) is 7.33. The van der Waals surface area contributed by atoms with E-state index in [0.717, 1.165) is 31.9 Å². The van der Waals surface area contributed by atoms with E-state index in [2.05, 4.69) is 29.0 Å². The van der Waals surface area contributed by atoms with Gasteiger partial charge in [-0.05, 0) is 25.0 Å². The summed E-state index contributed by atoms with van der Waals surface area (Å²) in [6, 6.07) is 10.1. The number of benzene rings is 1. The van der Waals surface area contributed by atoms with Crippen LogP contribution in [0.15, 0.2) is 34.7 Å². The number of aryl methyl sites for hydroxylation is 1. The molecule has 1 aliphatic heterocycles. The normalized spacial score (nSPS) is 16.4. The summed E-state index contributed by atoms with van der Waals surface area (Å²) in [5.41, 5.74) is 1.61. The van der Waals surface area contributed by atoms with Crippen LogP contribution in [-0.2, 0) is 16.0 Å². The highest BCUT2D eigenvalue weighted by atomic mass is 16.5. The molecule has 1 saturated heterocycles. The summed E-state index contributed by atoms with van der Waals surface area (Å²) in [7, 11) is 0. The van der Waals surface area contributed by atoms with Crippen molar-refractivity contribution < 1.29 is 13.9 Å². The van der Waals surface area contributed by atoms with Crippen molar-refractivity contribution >= 4 is 5.91 Å². The third-order valence-electron chi connectivity index (χ3n) is 5.03. The van der Waals surface area contributed by atoms with Gasteiger partial charge in [-0.25, -0.2) is 4.98 Å². The van der Waals surface area contributed by atoms with Gasteiger partial charge in [0, 0.05) is 31.2 Å². The van der Waals surface area contributed by atoms with Gasteiger partial charge >= 0.3 is 0 Å². The van der Waals surface area contributed by atoms with Crippen LogP contribution in [-0.4, -0.2) is 54.7 Å². The summed E-state index contributed by atoms with van der Waals surface area (Å²) in [5.74, 6) is 1.69. The van der Waals surface area contributed by atoms with E-state index in [1.165, 1.54) is 0 Å². The molecule has 146 valence electrons. The maximum absolute atomic E-state index is 12.5. The van der Waals surface area contributed by atoms with E-state index in [-0.39, 0.29) is 12.3 Å². The molecule has 0 bridgehead atoms. The number of oxazole rings is 1. The van der Waals surface area contributed by atoms with Crippen LogP contribution in [0.1, 0.15) is 25.3 Å². The molecule has 0 spiro atoms. The summed E-state index contributed by atoms with van der Waals surface area (Å²) in [6.07, 6.45) is 0.232. The number of amides is 1. The molecule has 6 heteroatoms. The van der Waals surface area contributed by atoms with Gasteiger partial charge in [-0.15, -0.1) is 0 Å². The maximum atomic E-state index is 12.5. The van der Waals surface area contributed by atoms with E-state index in [4.69, 9.17) is 9.15 Å². The quantitative estimate of drug-likeness (QED) is 0.810. The average molecular weight is 371 g/mol. The molecule has 1 amide bonds. The maximum Gasteiger partial charge on any atom is 0.226 e. The molecule has 1 N–H and O–H groups in total. The highest BCUT2D eigenvalue weighted by Gasteiger charge is 2.24. The van der Waals surface area contributed by atoms with Crippen molar-refractivity contribution in [2.45, 2.75) is 33.2 Å². The second kappa shape index (κ2) is 9.15. The van der Waals surface area contributed by atoms with Crippen LogP contribution in [0, 0.1) is 12.8 Å². The largest absolute Gasteiger partial charge is 0.441 e. The SMILES string of the molecule is Cc1oc(-c2ccccc2)nc1CC(=O)NCC(C(C)C)N1CCOCC1. The lowest BCUT2D eigenvalue weighted by Crippen LogP contribution is -2.51. The zero-order valence-corrected chi connectivity index (χ0v) is 16.4. The summed E-state index contributed by atoms with van der Waals surface area (Å²) < 4.78 is 11.2. The van der Waals surface area contributed by atoms with Gasteiger partial charge in [0.25, 0.3) is 0 Å². The van der Waals surface area contributed by atoms with Crippen molar-refractivity contribution in [3.8, 4) is 11.5 Å². The fourth-order valence-electron chi connectivity index (χ4n) is 3.42. The molecule has 1 fully saturated rings. The van der Waals surface area contributed by atoms with Crippen LogP contribution in [0.3, 0.4) is 0 Å². The average Bonchev–Trinajstić information content (AvgIpc) is 3.04. The van der Waals surface area contributed by atoms with E-state index in [1.54, 1.807) is 0 Å². The van der Waals surface area contributed by atoms with Crippen molar-refractivity contribution in [3.63, 3.8) is 0 Å². The molecule has 3 rings (SSSR count). The first-order valence-electron chi connectivity index (χ1n) is 9.65. The van der Waals surface area contributed by atoms with Gasteiger partial charge in [-0.2, -0.15) is 0 Å². The monoisotopic (exact) mass is 371 g/mol. The molecule has 1 atom stereocenters. The first-order valence-corrected chi connectivity index (χ1v) is 9.65. The molecule has 0 saturated carbocycles. The lowest BCUT2D eigenvalue weighted by atomic mass is 10.0. The highest BCUT2D eigenvalue weighted by Crippen LogP contribution is 2.21. The first kappa shape index (κ1) is 19.6. The number of hydrogen-bond donors (Lipinski definition) is 1. The van der Waals surface area contributed by atoms with Gasteiger partial charge in [0.1, 0.15) is 5.76 Å². The zero-order valence-electron chi connectivity index (χ0n) is 16.4. The van der Waals surface area contributed by atoms with Crippen molar-refractivity contribution in [1.82, 2.24) is 15.2 Å². The summed E-state index contributed by atoms with van der Waals surface area (Å²) >= 11 is 0. The van der Waals surface area contributed by atoms with Crippen LogP contribution < -0.4 is 5.32 Å². The number of rotatable bonds is 7. The fraction of sp³-hybridized carbons (Fsp3) is 0.524. The predicted molar refractivity (Wildman–Crippen MR) is 104 cm³/mol. The third kappa shape index (κ3) is 5.17. The summed E-state index contributed by atoms with van der Waals surface area (Å²) in [5, 5.41) is 3.08. The fourth-order valence-corrected chi connectivity index (χ4v) is 3.42. The number of ether oxygens (including phenoxy) is 1. The van der Waals surface area contributed by atoms with Gasteiger partial charge in [0.05, 0.1) is 25.3 Å². The van der Waals surface area contributed by atoms with Crippen LogP contribution in [0.2, 0.25) is 0 Å². The number of nitrogens with zero attached hydrogens (tertiary/aromatic N) is 2. The van der Waals surface area contributed by atoms with Gasteiger partial charge in [-0.3, -0.25) is 9.69 Å². The molecule has 0 aliphatic carbocycles. The van der Waals surface area contributed by atoms with Crippen molar-refractivity contribution in [1.29, 1.82) is 0 Å². The molecule has 6 nitrogen and oxygen atoms in total. The van der Waals surface area contributed by atoms with Crippen LogP contribution in [0.5, 0.6) is 0 Å². The Morgan fingerprint density at radius 1 is 1.22 bits per heavy atom. The Hall–Kier alpha value is -2.18. The minimum atomic E-state index is -0.0232.